The fourth-order valence-corrected chi connectivity index (χ4v) is 2.98. The van der Waals surface area contributed by atoms with E-state index < -0.39 is 6.09 Å². The number of nitrogens with zero attached hydrogens (tertiary/aromatic N) is 1. The van der Waals surface area contributed by atoms with Crippen LogP contribution in [0.4, 0.5) is 10.5 Å². The number of cyclic esters (lactones) is 1. The maximum absolute atomic E-state index is 12.1. The van der Waals surface area contributed by atoms with Gasteiger partial charge in [0.2, 0.25) is 5.91 Å². The van der Waals surface area contributed by atoms with Crippen molar-refractivity contribution < 1.29 is 23.8 Å². The lowest BCUT2D eigenvalue weighted by Crippen LogP contribution is -2.34. The second-order valence-electron chi connectivity index (χ2n) is 6.47. The highest BCUT2D eigenvalue weighted by atomic mass is 16.6. The average molecular weight is 384 g/mol. The zero-order chi connectivity index (χ0) is 19.9. The Kier molecular flexibility index (Phi) is 6.37. The van der Waals surface area contributed by atoms with E-state index in [0.717, 1.165) is 11.3 Å². The van der Waals surface area contributed by atoms with Gasteiger partial charge in [0.15, 0.2) is 0 Å². The molecule has 1 unspecified atom stereocenters. The van der Waals surface area contributed by atoms with Gasteiger partial charge in [-0.15, -0.1) is 0 Å². The third-order valence-electron chi connectivity index (χ3n) is 4.57. The number of hydrogen-bond acceptors (Lipinski definition) is 5. The van der Waals surface area contributed by atoms with Crippen LogP contribution in [0.25, 0.3) is 0 Å². The topological polar surface area (TPSA) is 77.1 Å². The molecule has 0 bridgehead atoms. The first-order valence-electron chi connectivity index (χ1n) is 9.11. The van der Waals surface area contributed by atoms with Gasteiger partial charge in [0.05, 0.1) is 33.0 Å². The second-order valence-corrected chi connectivity index (χ2v) is 6.47. The van der Waals surface area contributed by atoms with Crippen molar-refractivity contribution in [3.8, 4) is 11.5 Å². The summed E-state index contributed by atoms with van der Waals surface area (Å²) in [4.78, 5) is 25.8. The van der Waals surface area contributed by atoms with Crippen molar-refractivity contribution >= 4 is 17.7 Å². The Morgan fingerprint density at radius 1 is 1.14 bits per heavy atom. The van der Waals surface area contributed by atoms with E-state index in [1.807, 2.05) is 42.5 Å². The van der Waals surface area contributed by atoms with E-state index in [-0.39, 0.29) is 18.6 Å². The standard InChI is InChI=1S/C21H24N2O5/c1-26-17-9-6-15(7-10-17)8-11-20(24)22-13-19-14-23(21(25)28-19)16-4-3-5-18(12-16)27-2/h3-7,9-10,12,19H,8,11,13-14H2,1-2H3,(H,22,24). The summed E-state index contributed by atoms with van der Waals surface area (Å²) in [5.41, 5.74) is 1.77. The maximum Gasteiger partial charge on any atom is 0.414 e. The van der Waals surface area contributed by atoms with E-state index in [1.165, 1.54) is 4.90 Å². The minimum absolute atomic E-state index is 0.0771. The first-order chi connectivity index (χ1) is 13.6. The number of aryl methyl sites for hydroxylation is 1. The monoisotopic (exact) mass is 384 g/mol. The molecule has 0 radical (unpaired) electrons. The summed E-state index contributed by atoms with van der Waals surface area (Å²) in [6.07, 6.45) is 0.192. The fraction of sp³-hybridized carbons (Fsp3) is 0.333. The normalized spacial score (nSPS) is 15.9. The summed E-state index contributed by atoms with van der Waals surface area (Å²) in [5.74, 6) is 1.38. The number of nitrogens with one attached hydrogen (secondary N) is 1. The van der Waals surface area contributed by atoms with Crippen LogP contribution in [0.15, 0.2) is 48.5 Å². The summed E-state index contributed by atoms with van der Waals surface area (Å²) in [5, 5.41) is 2.84. The zero-order valence-electron chi connectivity index (χ0n) is 16.0. The minimum Gasteiger partial charge on any atom is -0.497 e. The largest absolute Gasteiger partial charge is 0.497 e. The van der Waals surface area contributed by atoms with Crippen LogP contribution in [0.2, 0.25) is 0 Å². The predicted octanol–water partition coefficient (Wildman–Crippen LogP) is 2.78. The van der Waals surface area contributed by atoms with E-state index in [1.54, 1.807) is 20.3 Å². The van der Waals surface area contributed by atoms with Gasteiger partial charge >= 0.3 is 6.09 Å². The number of benzene rings is 2. The third kappa shape index (κ3) is 4.94. The van der Waals surface area contributed by atoms with Crippen LogP contribution in [0.3, 0.4) is 0 Å². The van der Waals surface area contributed by atoms with Crippen molar-refractivity contribution in [2.24, 2.45) is 0 Å². The summed E-state index contributed by atoms with van der Waals surface area (Å²) >= 11 is 0. The Morgan fingerprint density at radius 2 is 1.89 bits per heavy atom. The highest BCUT2D eigenvalue weighted by Gasteiger charge is 2.32. The third-order valence-corrected chi connectivity index (χ3v) is 4.57. The molecule has 1 heterocycles. The van der Waals surface area contributed by atoms with Crippen molar-refractivity contribution in [2.75, 3.05) is 32.2 Å². The van der Waals surface area contributed by atoms with Gasteiger partial charge in [-0.05, 0) is 36.2 Å². The van der Waals surface area contributed by atoms with Crippen LogP contribution in [-0.4, -0.2) is 45.4 Å². The number of rotatable bonds is 8. The molecule has 2 amide bonds. The number of methoxy groups -OCH3 is 2. The summed E-state index contributed by atoms with van der Waals surface area (Å²) in [7, 11) is 3.19. The lowest BCUT2D eigenvalue weighted by atomic mass is 10.1. The Morgan fingerprint density at radius 3 is 2.61 bits per heavy atom. The Balaban J connectivity index is 1.45. The van der Waals surface area contributed by atoms with Crippen LogP contribution in [0, 0.1) is 0 Å². The van der Waals surface area contributed by atoms with Gasteiger partial charge < -0.3 is 19.5 Å². The fourth-order valence-electron chi connectivity index (χ4n) is 2.98. The lowest BCUT2D eigenvalue weighted by molar-refractivity contribution is -0.121. The van der Waals surface area contributed by atoms with Gasteiger partial charge in [-0.25, -0.2) is 4.79 Å². The molecule has 0 aliphatic carbocycles. The van der Waals surface area contributed by atoms with Gasteiger partial charge in [0, 0.05) is 12.5 Å². The molecule has 7 nitrogen and oxygen atoms in total. The highest BCUT2D eigenvalue weighted by molar-refractivity contribution is 5.90. The summed E-state index contributed by atoms with van der Waals surface area (Å²) in [6, 6.07) is 14.8. The molecule has 3 rings (SSSR count). The van der Waals surface area contributed by atoms with Crippen LogP contribution in [0.5, 0.6) is 11.5 Å². The second kappa shape index (κ2) is 9.12. The molecule has 0 spiro atoms. The molecule has 28 heavy (non-hydrogen) atoms. The first-order valence-corrected chi connectivity index (χ1v) is 9.11. The Bertz CT molecular complexity index is 822. The maximum atomic E-state index is 12.1. The smallest absolute Gasteiger partial charge is 0.414 e. The van der Waals surface area contributed by atoms with Crippen LogP contribution >= 0.6 is 0 Å². The van der Waals surface area contributed by atoms with E-state index in [0.29, 0.717) is 30.8 Å². The molecule has 1 aliphatic rings. The van der Waals surface area contributed by atoms with Crippen LogP contribution < -0.4 is 19.7 Å². The zero-order valence-corrected chi connectivity index (χ0v) is 16.0. The SMILES string of the molecule is COc1ccc(CCC(=O)NCC2CN(c3cccc(OC)c3)C(=O)O2)cc1. The number of amides is 2. The highest BCUT2D eigenvalue weighted by Crippen LogP contribution is 2.25. The van der Waals surface area contributed by atoms with Crippen LogP contribution in [0.1, 0.15) is 12.0 Å². The molecule has 7 heteroatoms. The van der Waals surface area contributed by atoms with Gasteiger partial charge in [-0.3, -0.25) is 9.69 Å². The summed E-state index contributed by atoms with van der Waals surface area (Å²) in [6.45, 7) is 0.665. The molecule has 2 aromatic carbocycles. The molecule has 2 aromatic rings. The van der Waals surface area contributed by atoms with Crippen molar-refractivity contribution in [3.05, 3.63) is 54.1 Å². The number of carbonyl (C=O) groups excluding carboxylic acids is 2. The van der Waals surface area contributed by atoms with Crippen molar-refractivity contribution in [3.63, 3.8) is 0 Å². The molecular weight excluding hydrogens is 360 g/mol. The van der Waals surface area contributed by atoms with Gasteiger partial charge in [0.25, 0.3) is 0 Å². The van der Waals surface area contributed by atoms with Crippen molar-refractivity contribution in [2.45, 2.75) is 18.9 Å². The van der Waals surface area contributed by atoms with Crippen LogP contribution in [-0.2, 0) is 16.0 Å². The van der Waals surface area contributed by atoms with Gasteiger partial charge in [-0.2, -0.15) is 0 Å². The summed E-state index contributed by atoms with van der Waals surface area (Å²) < 4.78 is 15.7. The van der Waals surface area contributed by atoms with Crippen molar-refractivity contribution in [1.29, 1.82) is 0 Å². The Labute approximate surface area is 164 Å². The quantitative estimate of drug-likeness (QED) is 0.757. The molecule has 1 saturated heterocycles. The number of ether oxygens (including phenoxy) is 3. The van der Waals surface area contributed by atoms with Crippen molar-refractivity contribution in [1.82, 2.24) is 5.32 Å². The minimum atomic E-state index is -0.425. The Hall–Kier alpha value is -3.22. The molecule has 1 N–H and O–H groups in total. The van der Waals surface area contributed by atoms with E-state index in [2.05, 4.69) is 5.32 Å². The molecule has 1 atom stereocenters. The van der Waals surface area contributed by atoms with Gasteiger partial charge in [-0.1, -0.05) is 18.2 Å². The number of anilines is 1. The molecule has 1 fully saturated rings. The molecule has 0 aromatic heterocycles. The number of hydrogen-bond donors (Lipinski definition) is 1. The number of carbonyl (C=O) groups is 2. The molecular formula is C21H24N2O5. The molecule has 148 valence electrons. The van der Waals surface area contributed by atoms with E-state index in [9.17, 15) is 9.59 Å². The average Bonchev–Trinajstić information content (AvgIpc) is 3.11. The molecule has 0 saturated carbocycles. The lowest BCUT2D eigenvalue weighted by Gasteiger charge is -2.14. The van der Waals surface area contributed by atoms with Gasteiger partial charge in [0.1, 0.15) is 17.6 Å². The van der Waals surface area contributed by atoms with E-state index >= 15 is 0 Å². The molecule has 1 aliphatic heterocycles. The first kappa shape index (κ1) is 19.5. The predicted molar refractivity (Wildman–Crippen MR) is 105 cm³/mol. The van der Waals surface area contributed by atoms with E-state index in [4.69, 9.17) is 14.2 Å².